The maximum Gasteiger partial charge on any atom is 0.213 e. The van der Waals surface area contributed by atoms with Gasteiger partial charge in [-0.1, -0.05) is 38.1 Å². The molecule has 23 heavy (non-hydrogen) atoms. The van der Waals surface area contributed by atoms with Crippen LogP contribution in [0, 0.1) is 5.92 Å². The number of pyridine rings is 1. The average Bonchev–Trinajstić information content (AvgIpc) is 2.53. The molecule has 0 bridgehead atoms. The summed E-state index contributed by atoms with van der Waals surface area (Å²) in [5.41, 5.74) is 2.77. The van der Waals surface area contributed by atoms with Crippen molar-refractivity contribution in [2.45, 2.75) is 26.3 Å². The van der Waals surface area contributed by atoms with Crippen LogP contribution in [0.3, 0.4) is 0 Å². The lowest BCUT2D eigenvalue weighted by Gasteiger charge is -2.23. The summed E-state index contributed by atoms with van der Waals surface area (Å²) in [4.78, 5) is 14.9. The van der Waals surface area contributed by atoms with Gasteiger partial charge >= 0.3 is 0 Å². The number of hydrogen-bond donors (Lipinski definition) is 1. The van der Waals surface area contributed by atoms with Crippen molar-refractivity contribution in [1.82, 2.24) is 0 Å². The van der Waals surface area contributed by atoms with E-state index in [9.17, 15) is 9.90 Å². The minimum atomic E-state index is -1.07. The molecule has 4 heteroatoms. The van der Waals surface area contributed by atoms with Crippen molar-refractivity contribution < 1.29 is 14.9 Å². The molecule has 0 aliphatic carbocycles. The molecular weight excluding hydrogens is 288 g/mol. The molecule has 4 nitrogen and oxygen atoms in total. The summed E-state index contributed by atoms with van der Waals surface area (Å²) in [6.07, 6.45) is 0.517. The summed E-state index contributed by atoms with van der Waals surface area (Å²) >= 11 is 0. The van der Waals surface area contributed by atoms with Crippen molar-refractivity contribution in [3.8, 4) is 0 Å². The summed E-state index contributed by atoms with van der Waals surface area (Å²) in [5.74, 6) is -0.808. The standard InChI is InChI=1S/C19H20N2O2/c1-12(2)11-17(19(22)23)21-18-13-7-3-5-9-15(13)20-16-10-6-4-8-14(16)18/h3-10,12,17H,11H2,1-2H3,(H,20,21)(H,22,23)/t17-/m1/s1. The number of aromatic nitrogens is 1. The first kappa shape index (κ1) is 15.3. The van der Waals surface area contributed by atoms with Crippen LogP contribution in [0.25, 0.3) is 21.8 Å². The van der Waals surface area contributed by atoms with E-state index in [1.54, 1.807) is 0 Å². The monoisotopic (exact) mass is 308 g/mol. The number of hydrogen-bond acceptors (Lipinski definition) is 3. The number of H-pyrrole nitrogens is 1. The zero-order valence-corrected chi connectivity index (χ0v) is 13.3. The number of para-hydroxylation sites is 2. The molecule has 0 aliphatic heterocycles. The summed E-state index contributed by atoms with van der Waals surface area (Å²) in [6, 6.07) is 15.1. The van der Waals surface area contributed by atoms with Crippen LogP contribution in [0.5, 0.6) is 0 Å². The van der Waals surface area contributed by atoms with E-state index in [1.807, 2.05) is 62.4 Å². The SMILES string of the molecule is CC(C)C[C@@H](Nc1c2ccccc2[nH+]c2ccccc12)C(=O)[O-]. The molecule has 1 heterocycles. The Kier molecular flexibility index (Phi) is 4.15. The summed E-state index contributed by atoms with van der Waals surface area (Å²) in [6.45, 7) is 4.01. The van der Waals surface area contributed by atoms with Gasteiger partial charge in [0, 0.05) is 12.1 Å². The molecule has 0 saturated carbocycles. The topological polar surface area (TPSA) is 66.3 Å². The number of fused-ring (bicyclic) bond motifs is 2. The lowest BCUT2D eigenvalue weighted by atomic mass is 10.0. The van der Waals surface area contributed by atoms with Gasteiger partial charge in [0.25, 0.3) is 0 Å². The molecule has 1 aromatic heterocycles. The Morgan fingerprint density at radius 3 is 2.04 bits per heavy atom. The number of aromatic amines is 1. The highest BCUT2D eigenvalue weighted by Crippen LogP contribution is 2.29. The average molecular weight is 308 g/mol. The van der Waals surface area contributed by atoms with Crippen LogP contribution >= 0.6 is 0 Å². The van der Waals surface area contributed by atoms with Gasteiger partial charge in [0.2, 0.25) is 11.0 Å². The van der Waals surface area contributed by atoms with Crippen molar-refractivity contribution >= 4 is 33.5 Å². The molecule has 0 radical (unpaired) electrons. The third kappa shape index (κ3) is 3.11. The first-order valence-corrected chi connectivity index (χ1v) is 7.86. The number of aliphatic carboxylic acids is 1. The van der Waals surface area contributed by atoms with Crippen molar-refractivity contribution in [1.29, 1.82) is 0 Å². The fourth-order valence-corrected chi connectivity index (χ4v) is 2.93. The van der Waals surface area contributed by atoms with Gasteiger partial charge in [-0.2, -0.15) is 0 Å². The Balaban J connectivity index is 2.18. The molecule has 118 valence electrons. The number of carbonyl (C=O) groups excluding carboxylic acids is 1. The highest BCUT2D eigenvalue weighted by Gasteiger charge is 2.18. The Labute approximate surface area is 135 Å². The summed E-state index contributed by atoms with van der Waals surface area (Å²) in [5, 5.41) is 16.7. The summed E-state index contributed by atoms with van der Waals surface area (Å²) in [7, 11) is 0. The van der Waals surface area contributed by atoms with Gasteiger partial charge in [-0.25, -0.2) is 4.98 Å². The third-order valence-corrected chi connectivity index (χ3v) is 3.97. The van der Waals surface area contributed by atoms with E-state index in [0.29, 0.717) is 6.42 Å². The first-order chi connectivity index (χ1) is 11.1. The van der Waals surface area contributed by atoms with Crippen LogP contribution in [-0.4, -0.2) is 12.0 Å². The van der Waals surface area contributed by atoms with Gasteiger partial charge < -0.3 is 15.2 Å². The normalized spacial score (nSPS) is 12.7. The number of nitrogens with one attached hydrogen (secondary N) is 2. The molecule has 0 saturated heterocycles. The second kappa shape index (κ2) is 6.24. The molecule has 0 aliphatic rings. The van der Waals surface area contributed by atoms with Crippen LogP contribution in [0.4, 0.5) is 5.69 Å². The van der Waals surface area contributed by atoms with Gasteiger partial charge in [0.1, 0.15) is 0 Å². The fraction of sp³-hybridized carbons (Fsp3) is 0.263. The minimum absolute atomic E-state index is 0.262. The van der Waals surface area contributed by atoms with E-state index in [-0.39, 0.29) is 5.92 Å². The molecule has 1 atom stereocenters. The van der Waals surface area contributed by atoms with Crippen LogP contribution in [0.2, 0.25) is 0 Å². The van der Waals surface area contributed by atoms with Gasteiger partial charge in [0.15, 0.2) is 0 Å². The Morgan fingerprint density at radius 1 is 1.04 bits per heavy atom. The van der Waals surface area contributed by atoms with Gasteiger partial charge in [-0.3, -0.25) is 0 Å². The van der Waals surface area contributed by atoms with Crippen LogP contribution in [-0.2, 0) is 4.79 Å². The van der Waals surface area contributed by atoms with Gasteiger partial charge in [0.05, 0.1) is 28.5 Å². The smallest absolute Gasteiger partial charge is 0.213 e. The molecule has 0 unspecified atom stereocenters. The molecule has 0 amide bonds. The molecule has 2 N–H and O–H groups in total. The molecule has 0 fully saturated rings. The zero-order valence-electron chi connectivity index (χ0n) is 13.3. The number of rotatable bonds is 5. The summed E-state index contributed by atoms with van der Waals surface area (Å²) < 4.78 is 0. The quantitative estimate of drug-likeness (QED) is 0.736. The number of carboxylic acid groups (broad SMARTS) is 1. The molecule has 2 aromatic carbocycles. The van der Waals surface area contributed by atoms with E-state index in [4.69, 9.17) is 0 Å². The lowest BCUT2D eigenvalue weighted by molar-refractivity contribution is -0.310. The second-order valence-electron chi connectivity index (χ2n) is 6.24. The Hall–Kier alpha value is -2.62. The third-order valence-electron chi connectivity index (χ3n) is 3.97. The van der Waals surface area contributed by atoms with Crippen molar-refractivity contribution in [3.05, 3.63) is 48.5 Å². The van der Waals surface area contributed by atoms with E-state index in [1.165, 1.54) is 0 Å². The molecule has 3 rings (SSSR count). The Morgan fingerprint density at radius 2 is 1.57 bits per heavy atom. The van der Waals surface area contributed by atoms with Crippen molar-refractivity contribution in [2.75, 3.05) is 5.32 Å². The molecule has 3 aromatic rings. The van der Waals surface area contributed by atoms with E-state index < -0.39 is 12.0 Å². The maximum absolute atomic E-state index is 11.5. The van der Waals surface area contributed by atoms with Gasteiger partial charge in [-0.05, 0) is 24.5 Å². The fourth-order valence-electron chi connectivity index (χ4n) is 2.93. The van der Waals surface area contributed by atoms with Crippen LogP contribution in [0.15, 0.2) is 48.5 Å². The molecular formula is C19H20N2O2. The van der Waals surface area contributed by atoms with E-state index in [0.717, 1.165) is 27.5 Å². The van der Waals surface area contributed by atoms with Crippen molar-refractivity contribution in [2.24, 2.45) is 5.92 Å². The maximum atomic E-state index is 11.5. The minimum Gasteiger partial charge on any atom is -0.548 e. The first-order valence-electron chi connectivity index (χ1n) is 7.86. The van der Waals surface area contributed by atoms with Crippen LogP contribution < -0.4 is 15.4 Å². The zero-order chi connectivity index (χ0) is 16.4. The number of carboxylic acids is 1. The predicted molar refractivity (Wildman–Crippen MR) is 89.9 cm³/mol. The number of anilines is 1. The number of benzene rings is 2. The highest BCUT2D eigenvalue weighted by atomic mass is 16.4. The number of carbonyl (C=O) groups is 1. The lowest BCUT2D eigenvalue weighted by Crippen LogP contribution is -2.41. The highest BCUT2D eigenvalue weighted by molar-refractivity contribution is 6.05. The largest absolute Gasteiger partial charge is 0.548 e. The van der Waals surface area contributed by atoms with Crippen molar-refractivity contribution in [3.63, 3.8) is 0 Å². The predicted octanol–water partition coefficient (Wildman–Crippen LogP) is 2.38. The van der Waals surface area contributed by atoms with Gasteiger partial charge in [-0.15, -0.1) is 0 Å². The second-order valence-corrected chi connectivity index (χ2v) is 6.24. The van der Waals surface area contributed by atoms with E-state index in [2.05, 4.69) is 10.3 Å². The Bertz CT molecular complexity index is 804. The molecule has 0 spiro atoms. The van der Waals surface area contributed by atoms with E-state index >= 15 is 0 Å². The van der Waals surface area contributed by atoms with Crippen LogP contribution in [0.1, 0.15) is 20.3 Å².